The maximum Gasteiger partial charge on any atom is 0.410 e. The molecule has 0 bridgehead atoms. The van der Waals surface area contributed by atoms with Crippen molar-refractivity contribution in [2.75, 3.05) is 19.9 Å². The third-order valence-corrected chi connectivity index (χ3v) is 5.28. The number of hydrogen-bond acceptors (Lipinski definition) is 4. The lowest BCUT2D eigenvalue weighted by Crippen LogP contribution is -2.42. The van der Waals surface area contributed by atoms with Gasteiger partial charge in [0, 0.05) is 19.5 Å². The van der Waals surface area contributed by atoms with Crippen LogP contribution in [-0.4, -0.2) is 47.7 Å². The van der Waals surface area contributed by atoms with E-state index in [4.69, 9.17) is 9.47 Å². The summed E-state index contributed by atoms with van der Waals surface area (Å²) in [4.78, 5) is 28.9. The number of benzene rings is 2. The van der Waals surface area contributed by atoms with Crippen LogP contribution in [0, 0.1) is 5.92 Å². The van der Waals surface area contributed by atoms with Crippen molar-refractivity contribution in [1.29, 1.82) is 0 Å². The molecule has 1 fully saturated rings. The van der Waals surface area contributed by atoms with Crippen molar-refractivity contribution in [2.45, 2.75) is 39.5 Å². The van der Waals surface area contributed by atoms with E-state index >= 15 is 0 Å². The molecule has 2 aromatic carbocycles. The van der Waals surface area contributed by atoms with Gasteiger partial charge in [-0.3, -0.25) is 4.79 Å². The van der Waals surface area contributed by atoms with Crippen LogP contribution in [0.2, 0.25) is 0 Å². The van der Waals surface area contributed by atoms with E-state index in [9.17, 15) is 9.59 Å². The number of rotatable bonds is 8. The molecule has 0 radical (unpaired) electrons. The molecular formula is C24H30N2O4. The smallest absolute Gasteiger partial charge is 0.410 e. The molecule has 2 aromatic rings. The Kier molecular flexibility index (Phi) is 7.85. The molecule has 1 heterocycles. The standard InChI is InChI=1S/C24H30N2O4/c1-19(2)22-17-29-18-26(22)23(27)13-14-25(15-20-9-5-3-6-10-20)24(28)30-16-21-11-7-4-8-12-21/h3-12,19,22H,13-18H2,1-2H3/t22-/m1/s1. The van der Waals surface area contributed by atoms with E-state index < -0.39 is 6.09 Å². The maximum atomic E-state index is 12.8. The zero-order chi connectivity index (χ0) is 21.3. The van der Waals surface area contributed by atoms with Crippen LogP contribution in [0.25, 0.3) is 0 Å². The van der Waals surface area contributed by atoms with Crippen LogP contribution in [0.15, 0.2) is 60.7 Å². The molecule has 1 saturated heterocycles. The fourth-order valence-corrected chi connectivity index (χ4v) is 3.49. The lowest BCUT2D eigenvalue weighted by molar-refractivity contribution is -0.134. The van der Waals surface area contributed by atoms with Crippen LogP contribution in [0.5, 0.6) is 0 Å². The van der Waals surface area contributed by atoms with Gasteiger partial charge in [0.25, 0.3) is 0 Å². The SMILES string of the molecule is CC(C)[C@H]1COCN1C(=O)CCN(Cc1ccccc1)C(=O)OCc1ccccc1. The monoisotopic (exact) mass is 410 g/mol. The average Bonchev–Trinajstić information content (AvgIpc) is 3.27. The Hall–Kier alpha value is -2.86. The van der Waals surface area contributed by atoms with E-state index in [0.717, 1.165) is 11.1 Å². The van der Waals surface area contributed by atoms with Gasteiger partial charge in [-0.05, 0) is 17.0 Å². The summed E-state index contributed by atoms with van der Waals surface area (Å²) in [6.07, 6.45) is -0.187. The zero-order valence-electron chi connectivity index (χ0n) is 17.7. The minimum absolute atomic E-state index is 0.000112. The van der Waals surface area contributed by atoms with E-state index in [1.54, 1.807) is 9.80 Å². The van der Waals surface area contributed by atoms with E-state index in [0.29, 0.717) is 32.3 Å². The van der Waals surface area contributed by atoms with Gasteiger partial charge in [0.2, 0.25) is 5.91 Å². The number of amides is 2. The molecular weight excluding hydrogens is 380 g/mol. The summed E-state index contributed by atoms with van der Waals surface area (Å²) in [5.41, 5.74) is 1.92. The molecule has 0 saturated carbocycles. The number of carbonyl (C=O) groups is 2. The largest absolute Gasteiger partial charge is 0.445 e. The molecule has 0 N–H and O–H groups in total. The van der Waals surface area contributed by atoms with Crippen molar-refractivity contribution in [3.8, 4) is 0 Å². The Morgan fingerprint density at radius 1 is 1.07 bits per heavy atom. The highest BCUT2D eigenvalue weighted by Gasteiger charge is 2.32. The molecule has 0 aromatic heterocycles. The first-order valence-electron chi connectivity index (χ1n) is 10.4. The van der Waals surface area contributed by atoms with Crippen molar-refractivity contribution in [1.82, 2.24) is 9.80 Å². The van der Waals surface area contributed by atoms with Gasteiger partial charge in [0.1, 0.15) is 13.3 Å². The molecule has 160 valence electrons. The number of carbonyl (C=O) groups excluding carboxylic acids is 2. The van der Waals surface area contributed by atoms with Crippen molar-refractivity contribution in [2.24, 2.45) is 5.92 Å². The highest BCUT2D eigenvalue weighted by molar-refractivity contribution is 5.77. The van der Waals surface area contributed by atoms with Gasteiger partial charge in [-0.1, -0.05) is 74.5 Å². The lowest BCUT2D eigenvalue weighted by Gasteiger charge is -2.27. The number of hydrogen-bond donors (Lipinski definition) is 0. The minimum atomic E-state index is -0.423. The first-order chi connectivity index (χ1) is 14.5. The molecule has 2 amide bonds. The summed E-state index contributed by atoms with van der Waals surface area (Å²) in [5, 5.41) is 0. The molecule has 0 unspecified atom stereocenters. The molecule has 3 rings (SSSR count). The lowest BCUT2D eigenvalue weighted by atomic mass is 10.0. The fourth-order valence-electron chi connectivity index (χ4n) is 3.49. The van der Waals surface area contributed by atoms with Crippen molar-refractivity contribution in [3.05, 3.63) is 71.8 Å². The van der Waals surface area contributed by atoms with Gasteiger partial charge in [-0.2, -0.15) is 0 Å². The Labute approximate surface area is 178 Å². The first kappa shape index (κ1) is 21.8. The molecule has 1 atom stereocenters. The van der Waals surface area contributed by atoms with Gasteiger partial charge in [0.15, 0.2) is 0 Å². The second kappa shape index (κ2) is 10.8. The maximum absolute atomic E-state index is 12.8. The topological polar surface area (TPSA) is 59.1 Å². The minimum Gasteiger partial charge on any atom is -0.445 e. The Balaban J connectivity index is 1.61. The number of nitrogens with zero attached hydrogens (tertiary/aromatic N) is 2. The van der Waals surface area contributed by atoms with Gasteiger partial charge in [-0.15, -0.1) is 0 Å². The predicted octanol–water partition coefficient (Wildman–Crippen LogP) is 4.06. The van der Waals surface area contributed by atoms with Crippen LogP contribution in [0.4, 0.5) is 4.79 Å². The van der Waals surface area contributed by atoms with Crippen LogP contribution in [0.3, 0.4) is 0 Å². The second-order valence-corrected chi connectivity index (χ2v) is 7.87. The molecule has 6 nitrogen and oxygen atoms in total. The summed E-state index contributed by atoms with van der Waals surface area (Å²) in [6, 6.07) is 19.4. The van der Waals surface area contributed by atoms with Crippen LogP contribution in [0.1, 0.15) is 31.4 Å². The van der Waals surface area contributed by atoms with Crippen molar-refractivity contribution >= 4 is 12.0 Å². The Morgan fingerprint density at radius 2 is 1.70 bits per heavy atom. The van der Waals surface area contributed by atoms with Crippen molar-refractivity contribution < 1.29 is 19.1 Å². The molecule has 1 aliphatic rings. The average molecular weight is 411 g/mol. The predicted molar refractivity (Wildman–Crippen MR) is 114 cm³/mol. The van der Waals surface area contributed by atoms with Crippen molar-refractivity contribution in [3.63, 3.8) is 0 Å². The quantitative estimate of drug-likeness (QED) is 0.659. The van der Waals surface area contributed by atoms with Gasteiger partial charge < -0.3 is 19.3 Å². The molecule has 0 spiro atoms. The first-order valence-corrected chi connectivity index (χ1v) is 10.4. The van der Waals surface area contributed by atoms with E-state index in [2.05, 4.69) is 13.8 Å². The zero-order valence-corrected chi connectivity index (χ0v) is 17.7. The Morgan fingerprint density at radius 3 is 2.33 bits per heavy atom. The van der Waals surface area contributed by atoms with Crippen LogP contribution < -0.4 is 0 Å². The Bertz CT molecular complexity index is 810. The third-order valence-electron chi connectivity index (χ3n) is 5.28. The summed E-state index contributed by atoms with van der Waals surface area (Å²) < 4.78 is 11.0. The van der Waals surface area contributed by atoms with Crippen LogP contribution in [-0.2, 0) is 27.4 Å². The van der Waals surface area contributed by atoms with E-state index in [-0.39, 0.29) is 25.0 Å². The van der Waals surface area contributed by atoms with Gasteiger partial charge in [0.05, 0.1) is 12.6 Å². The summed E-state index contributed by atoms with van der Waals surface area (Å²) in [5.74, 6) is 0.327. The molecule has 1 aliphatic heterocycles. The highest BCUT2D eigenvalue weighted by Crippen LogP contribution is 2.19. The molecule has 6 heteroatoms. The summed E-state index contributed by atoms with van der Waals surface area (Å²) in [7, 11) is 0. The second-order valence-electron chi connectivity index (χ2n) is 7.87. The third kappa shape index (κ3) is 6.07. The molecule has 0 aliphatic carbocycles. The van der Waals surface area contributed by atoms with E-state index in [1.807, 2.05) is 60.7 Å². The summed E-state index contributed by atoms with van der Waals surface area (Å²) >= 11 is 0. The fraction of sp³-hybridized carbons (Fsp3) is 0.417. The normalized spacial score (nSPS) is 16.0. The van der Waals surface area contributed by atoms with E-state index in [1.165, 1.54) is 0 Å². The van der Waals surface area contributed by atoms with Crippen LogP contribution >= 0.6 is 0 Å². The van der Waals surface area contributed by atoms with Gasteiger partial charge >= 0.3 is 6.09 Å². The molecule has 30 heavy (non-hydrogen) atoms. The number of ether oxygens (including phenoxy) is 2. The van der Waals surface area contributed by atoms with Gasteiger partial charge in [-0.25, -0.2) is 4.79 Å². The summed E-state index contributed by atoms with van der Waals surface area (Å²) in [6.45, 7) is 5.95. The highest BCUT2D eigenvalue weighted by atomic mass is 16.6.